The molecule has 2 aromatic carbocycles. The van der Waals surface area contributed by atoms with Gasteiger partial charge in [-0.1, -0.05) is 46.3 Å². The molecule has 0 aliphatic carbocycles. The predicted octanol–water partition coefficient (Wildman–Crippen LogP) is 6.01. The van der Waals surface area contributed by atoms with Gasteiger partial charge in [-0.05, 0) is 54.5 Å². The van der Waals surface area contributed by atoms with Crippen molar-refractivity contribution >= 4 is 61.3 Å². The van der Waals surface area contributed by atoms with Gasteiger partial charge in [0, 0.05) is 21.5 Å². The monoisotopic (exact) mass is 474 g/mol. The molecule has 3 aromatic rings. The number of benzene rings is 2. The van der Waals surface area contributed by atoms with Crippen molar-refractivity contribution in [1.82, 2.24) is 0 Å². The number of thiophene rings is 1. The molecule has 0 spiro atoms. The van der Waals surface area contributed by atoms with Crippen LogP contribution in [-0.4, -0.2) is 18.2 Å². The number of hydrogen-bond donors (Lipinski definition) is 2. The minimum atomic E-state index is -0.388. The summed E-state index contributed by atoms with van der Waals surface area (Å²) in [6.45, 7) is 2.00. The van der Waals surface area contributed by atoms with Crippen LogP contribution in [0.2, 0.25) is 0 Å². The van der Waals surface area contributed by atoms with Gasteiger partial charge in [-0.15, -0.1) is 11.3 Å². The number of carbonyl (C=O) groups is 1. The third kappa shape index (κ3) is 5.19. The molecular weight excluding hydrogens is 456 g/mol. The Labute approximate surface area is 182 Å². The second kappa shape index (κ2) is 9.32. The van der Waals surface area contributed by atoms with E-state index in [-0.39, 0.29) is 5.97 Å². The van der Waals surface area contributed by atoms with Gasteiger partial charge in [-0.25, -0.2) is 4.79 Å². The van der Waals surface area contributed by atoms with Crippen molar-refractivity contribution in [2.75, 3.05) is 17.7 Å². The second-order valence-corrected chi connectivity index (χ2v) is 8.61. The third-order valence-corrected chi connectivity index (χ3v) is 5.82. The molecule has 0 unspecified atom stereocenters. The highest BCUT2D eigenvalue weighted by atomic mass is 79.9. The van der Waals surface area contributed by atoms with Crippen LogP contribution in [0.5, 0.6) is 0 Å². The Morgan fingerprint density at radius 1 is 1.14 bits per heavy atom. The van der Waals surface area contributed by atoms with Gasteiger partial charge in [0.05, 0.1) is 12.7 Å². The largest absolute Gasteiger partial charge is 0.465 e. The normalized spacial score (nSPS) is 10.4. The van der Waals surface area contributed by atoms with Gasteiger partial charge in [-0.2, -0.15) is 0 Å². The van der Waals surface area contributed by atoms with Gasteiger partial charge in [0.15, 0.2) is 5.11 Å². The Balaban J connectivity index is 1.79. The van der Waals surface area contributed by atoms with Gasteiger partial charge < -0.3 is 15.4 Å². The van der Waals surface area contributed by atoms with E-state index in [1.165, 1.54) is 24.0 Å². The number of halogens is 1. The molecule has 1 heterocycles. The van der Waals surface area contributed by atoms with Crippen molar-refractivity contribution in [3.05, 3.63) is 80.6 Å². The van der Waals surface area contributed by atoms with Crippen LogP contribution < -0.4 is 10.6 Å². The smallest absolute Gasteiger partial charge is 0.340 e. The van der Waals surface area contributed by atoms with Crippen molar-refractivity contribution in [2.24, 2.45) is 0 Å². The summed E-state index contributed by atoms with van der Waals surface area (Å²) in [5.41, 5.74) is 3.62. The first-order valence-corrected chi connectivity index (χ1v) is 10.6. The number of ether oxygens (including phenoxy) is 1. The molecular formula is C21H19BrN2O2S2. The number of rotatable bonds is 5. The van der Waals surface area contributed by atoms with Gasteiger partial charge in [0.1, 0.15) is 5.00 Å². The number of thiocarbonyl (C=S) groups is 1. The first kappa shape index (κ1) is 20.5. The predicted molar refractivity (Wildman–Crippen MR) is 124 cm³/mol. The standard InChI is InChI=1S/C21H19BrN2O2S2/c1-13-10-15(22)8-9-18(13)23-21(27)24-19-17(20(25)26-2)12-16(28-19)11-14-6-4-3-5-7-14/h3-10,12H,11H2,1-2H3,(H2,23,24,27). The van der Waals surface area contributed by atoms with Crippen LogP contribution in [0.4, 0.5) is 10.7 Å². The highest BCUT2D eigenvalue weighted by molar-refractivity contribution is 9.10. The van der Waals surface area contributed by atoms with Crippen molar-refractivity contribution in [2.45, 2.75) is 13.3 Å². The van der Waals surface area contributed by atoms with E-state index in [4.69, 9.17) is 17.0 Å². The Morgan fingerprint density at radius 3 is 2.57 bits per heavy atom. The number of esters is 1. The highest BCUT2D eigenvalue weighted by Crippen LogP contribution is 2.31. The number of hydrogen-bond acceptors (Lipinski definition) is 4. The van der Waals surface area contributed by atoms with E-state index in [1.54, 1.807) is 0 Å². The average molecular weight is 475 g/mol. The van der Waals surface area contributed by atoms with Crippen LogP contribution in [-0.2, 0) is 11.2 Å². The Morgan fingerprint density at radius 2 is 1.89 bits per heavy atom. The van der Waals surface area contributed by atoms with E-state index in [0.717, 1.165) is 27.0 Å². The van der Waals surface area contributed by atoms with E-state index < -0.39 is 0 Å². The zero-order valence-corrected chi connectivity index (χ0v) is 18.6. The number of anilines is 2. The summed E-state index contributed by atoms with van der Waals surface area (Å²) in [4.78, 5) is 13.3. The van der Waals surface area contributed by atoms with E-state index in [1.807, 2.05) is 49.4 Å². The van der Waals surface area contributed by atoms with E-state index in [0.29, 0.717) is 15.7 Å². The zero-order valence-electron chi connectivity index (χ0n) is 15.4. The molecule has 4 nitrogen and oxygen atoms in total. The number of carbonyl (C=O) groups excluding carboxylic acids is 1. The summed E-state index contributed by atoms with van der Waals surface area (Å²) in [7, 11) is 1.38. The van der Waals surface area contributed by atoms with Gasteiger partial charge in [0.25, 0.3) is 0 Å². The van der Waals surface area contributed by atoms with E-state index >= 15 is 0 Å². The van der Waals surface area contributed by atoms with Crippen LogP contribution in [0.15, 0.2) is 59.1 Å². The van der Waals surface area contributed by atoms with Crippen molar-refractivity contribution in [3.8, 4) is 0 Å². The minimum Gasteiger partial charge on any atom is -0.465 e. The van der Waals surface area contributed by atoms with Crippen molar-refractivity contribution < 1.29 is 9.53 Å². The summed E-state index contributed by atoms with van der Waals surface area (Å²) >= 11 is 10.4. The number of aryl methyl sites for hydroxylation is 1. The Hall–Kier alpha value is -2.22. The summed E-state index contributed by atoms with van der Waals surface area (Å²) in [5.74, 6) is -0.388. The quantitative estimate of drug-likeness (QED) is 0.350. The van der Waals surface area contributed by atoms with Crippen LogP contribution in [0.25, 0.3) is 0 Å². The van der Waals surface area contributed by atoms with Gasteiger partial charge in [0.2, 0.25) is 0 Å². The maximum atomic E-state index is 12.2. The lowest BCUT2D eigenvalue weighted by Gasteiger charge is -2.12. The first-order chi connectivity index (χ1) is 13.5. The molecule has 28 heavy (non-hydrogen) atoms. The molecule has 0 aliphatic rings. The van der Waals surface area contributed by atoms with E-state index in [9.17, 15) is 4.79 Å². The lowest BCUT2D eigenvalue weighted by atomic mass is 10.1. The molecule has 0 bridgehead atoms. The number of methoxy groups -OCH3 is 1. The molecule has 0 atom stereocenters. The van der Waals surface area contributed by atoms with Crippen LogP contribution >= 0.6 is 39.5 Å². The van der Waals surface area contributed by atoms with Crippen LogP contribution in [0, 0.1) is 6.92 Å². The van der Waals surface area contributed by atoms with E-state index in [2.05, 4.69) is 38.7 Å². The summed E-state index contributed by atoms with van der Waals surface area (Å²) in [6, 6.07) is 17.9. The summed E-state index contributed by atoms with van der Waals surface area (Å²) in [6.07, 6.45) is 0.739. The zero-order chi connectivity index (χ0) is 20.1. The molecule has 144 valence electrons. The first-order valence-electron chi connectivity index (χ1n) is 8.55. The lowest BCUT2D eigenvalue weighted by Crippen LogP contribution is -2.20. The molecule has 0 amide bonds. The van der Waals surface area contributed by atoms with Crippen LogP contribution in [0.1, 0.15) is 26.4 Å². The van der Waals surface area contributed by atoms with Gasteiger partial charge in [-0.3, -0.25) is 0 Å². The summed E-state index contributed by atoms with van der Waals surface area (Å²) in [5, 5.41) is 7.42. The maximum Gasteiger partial charge on any atom is 0.340 e. The molecule has 2 N–H and O–H groups in total. The average Bonchev–Trinajstić information content (AvgIpc) is 3.06. The Kier molecular flexibility index (Phi) is 6.83. The lowest BCUT2D eigenvalue weighted by molar-refractivity contribution is 0.0602. The van der Waals surface area contributed by atoms with Crippen molar-refractivity contribution in [1.29, 1.82) is 0 Å². The third-order valence-electron chi connectivity index (χ3n) is 4.07. The molecule has 0 saturated heterocycles. The maximum absolute atomic E-state index is 12.2. The molecule has 1 aromatic heterocycles. The fraction of sp³-hybridized carbons (Fsp3) is 0.143. The minimum absolute atomic E-state index is 0.388. The molecule has 7 heteroatoms. The highest BCUT2D eigenvalue weighted by Gasteiger charge is 2.18. The Bertz CT molecular complexity index is 1000. The molecule has 0 fully saturated rings. The molecule has 0 radical (unpaired) electrons. The molecule has 3 rings (SSSR count). The molecule has 0 saturated carbocycles. The number of nitrogens with one attached hydrogen (secondary N) is 2. The van der Waals surface area contributed by atoms with Crippen molar-refractivity contribution in [3.63, 3.8) is 0 Å². The fourth-order valence-electron chi connectivity index (χ4n) is 2.70. The summed E-state index contributed by atoms with van der Waals surface area (Å²) < 4.78 is 5.94. The molecule has 0 aliphatic heterocycles. The fourth-order valence-corrected chi connectivity index (χ4v) is 4.54. The SMILES string of the molecule is COC(=O)c1cc(Cc2ccccc2)sc1NC(=S)Nc1ccc(Br)cc1C. The topological polar surface area (TPSA) is 50.4 Å². The second-order valence-electron chi connectivity index (χ2n) is 6.15. The van der Waals surface area contributed by atoms with Gasteiger partial charge >= 0.3 is 5.97 Å². The van der Waals surface area contributed by atoms with Crippen LogP contribution in [0.3, 0.4) is 0 Å².